The molecule has 4 heterocycles. The molecule has 5 rings (SSSR count). The number of nitrogens with zero attached hydrogens (tertiary/aromatic N) is 3. The quantitative estimate of drug-likeness (QED) is 0.803. The topological polar surface area (TPSA) is 70.5 Å². The smallest absolute Gasteiger partial charge is 0.258 e. The number of amides is 1. The van der Waals surface area contributed by atoms with Crippen LogP contribution in [0.4, 0.5) is 0 Å². The Morgan fingerprint density at radius 2 is 1.97 bits per heavy atom. The molecule has 3 aliphatic heterocycles. The number of hydrogen-bond donors (Lipinski definition) is 1. The van der Waals surface area contributed by atoms with Crippen molar-refractivity contribution in [3.8, 4) is 17.2 Å². The molecule has 0 saturated carbocycles. The first kappa shape index (κ1) is 20.0. The molecule has 0 spiro atoms. The summed E-state index contributed by atoms with van der Waals surface area (Å²) in [5, 5.41) is 9.20. The maximum atomic E-state index is 13.4. The van der Waals surface area contributed by atoms with Gasteiger partial charge in [-0.05, 0) is 36.2 Å². The van der Waals surface area contributed by atoms with Crippen LogP contribution in [0.25, 0.3) is 11.1 Å². The summed E-state index contributed by atoms with van der Waals surface area (Å²) in [4.78, 5) is 28.6. The monoisotopic (exact) mass is 417 g/mol. The van der Waals surface area contributed by atoms with Crippen LogP contribution in [0, 0.1) is 17.2 Å². The zero-order valence-electron chi connectivity index (χ0n) is 18.0. The lowest BCUT2D eigenvalue weighted by Gasteiger charge is -2.45. The number of pyridine rings is 1. The third kappa shape index (κ3) is 3.68. The van der Waals surface area contributed by atoms with Crippen molar-refractivity contribution in [1.82, 2.24) is 9.47 Å². The van der Waals surface area contributed by atoms with Gasteiger partial charge in [0.05, 0.1) is 30.8 Å². The summed E-state index contributed by atoms with van der Waals surface area (Å²) in [5.74, 6) is 1.12. The van der Waals surface area contributed by atoms with Crippen molar-refractivity contribution in [3.05, 3.63) is 58.0 Å². The van der Waals surface area contributed by atoms with Gasteiger partial charge in [-0.1, -0.05) is 12.1 Å². The lowest BCUT2D eigenvalue weighted by molar-refractivity contribution is -0.937. The van der Waals surface area contributed by atoms with Crippen molar-refractivity contribution in [3.63, 3.8) is 0 Å². The molecule has 160 valence electrons. The first-order valence-corrected chi connectivity index (χ1v) is 11.4. The molecule has 1 unspecified atom stereocenters. The van der Waals surface area contributed by atoms with Crippen LogP contribution in [-0.2, 0) is 11.3 Å². The van der Waals surface area contributed by atoms with Gasteiger partial charge in [0.15, 0.2) is 0 Å². The number of aromatic nitrogens is 1. The molecule has 1 amide bonds. The maximum absolute atomic E-state index is 13.4. The van der Waals surface area contributed by atoms with Crippen LogP contribution in [0.2, 0.25) is 0 Å². The largest absolute Gasteiger partial charge is 0.342 e. The van der Waals surface area contributed by atoms with E-state index in [9.17, 15) is 14.9 Å². The predicted octanol–water partition coefficient (Wildman–Crippen LogP) is 1.40. The minimum Gasteiger partial charge on any atom is -0.342 e. The fourth-order valence-corrected chi connectivity index (χ4v) is 6.01. The number of benzene rings is 1. The van der Waals surface area contributed by atoms with Crippen LogP contribution in [-0.4, -0.2) is 47.6 Å². The number of piperidine rings is 2. The Morgan fingerprint density at radius 3 is 2.71 bits per heavy atom. The fraction of sp³-hybridized carbons (Fsp3) is 0.480. The number of hydrogen-bond acceptors (Lipinski definition) is 3. The van der Waals surface area contributed by atoms with Crippen LogP contribution in [0.15, 0.2) is 41.2 Å². The lowest BCUT2D eigenvalue weighted by Crippen LogP contribution is -3.18. The SMILES string of the molecule is CC(=O)N1CCC([NH+]2C[C@@H]3C[C@H](C2)c2ccc(-c4cccc(C#N)c4)c(=O)n2C3)CC1. The van der Waals surface area contributed by atoms with E-state index in [0.717, 1.165) is 51.1 Å². The molecule has 6 nitrogen and oxygen atoms in total. The Hall–Kier alpha value is -2.91. The number of quaternary nitrogens is 1. The number of rotatable bonds is 2. The van der Waals surface area contributed by atoms with E-state index in [0.29, 0.717) is 29.0 Å². The molecule has 6 heteroatoms. The average molecular weight is 418 g/mol. The van der Waals surface area contributed by atoms with E-state index in [1.807, 2.05) is 27.7 Å². The van der Waals surface area contributed by atoms with E-state index in [1.54, 1.807) is 24.0 Å². The molecule has 2 fully saturated rings. The highest BCUT2D eigenvalue weighted by Crippen LogP contribution is 2.32. The minimum atomic E-state index is 0.0699. The number of carbonyl (C=O) groups is 1. The molecule has 1 aromatic carbocycles. The third-order valence-corrected chi connectivity index (χ3v) is 7.56. The second kappa shape index (κ2) is 7.97. The molecule has 0 aliphatic carbocycles. The molecule has 31 heavy (non-hydrogen) atoms. The summed E-state index contributed by atoms with van der Waals surface area (Å²) in [6.07, 6.45) is 3.32. The lowest BCUT2D eigenvalue weighted by atomic mass is 9.81. The van der Waals surface area contributed by atoms with Gasteiger partial charge in [-0.3, -0.25) is 9.59 Å². The Balaban J connectivity index is 1.38. The number of nitrogens with one attached hydrogen (secondary N) is 1. The summed E-state index contributed by atoms with van der Waals surface area (Å²) in [7, 11) is 0. The maximum Gasteiger partial charge on any atom is 0.258 e. The van der Waals surface area contributed by atoms with Gasteiger partial charge < -0.3 is 14.4 Å². The molecule has 3 aliphatic rings. The van der Waals surface area contributed by atoms with Crippen LogP contribution >= 0.6 is 0 Å². The summed E-state index contributed by atoms with van der Waals surface area (Å²) in [6.45, 7) is 6.38. The van der Waals surface area contributed by atoms with Gasteiger partial charge in [0.1, 0.15) is 0 Å². The van der Waals surface area contributed by atoms with Gasteiger partial charge >= 0.3 is 0 Å². The van der Waals surface area contributed by atoms with Crippen molar-refractivity contribution < 1.29 is 9.69 Å². The molecule has 3 atom stereocenters. The Bertz CT molecular complexity index is 1110. The first-order valence-electron chi connectivity index (χ1n) is 11.4. The number of nitriles is 1. The average Bonchev–Trinajstić information content (AvgIpc) is 2.80. The first-order chi connectivity index (χ1) is 15.0. The fourth-order valence-electron chi connectivity index (χ4n) is 6.01. The second-order valence-corrected chi connectivity index (χ2v) is 9.43. The van der Waals surface area contributed by atoms with E-state index in [-0.39, 0.29) is 11.5 Å². The Morgan fingerprint density at radius 1 is 1.16 bits per heavy atom. The number of likely N-dealkylation sites (tertiary alicyclic amines) is 2. The normalized spacial score (nSPS) is 25.5. The van der Waals surface area contributed by atoms with E-state index in [4.69, 9.17) is 0 Å². The highest BCUT2D eigenvalue weighted by molar-refractivity contribution is 5.73. The predicted molar refractivity (Wildman–Crippen MR) is 118 cm³/mol. The summed E-state index contributed by atoms with van der Waals surface area (Å²) in [5.41, 5.74) is 3.31. The molecule has 2 aromatic rings. The van der Waals surface area contributed by atoms with Gasteiger partial charge in [0, 0.05) is 62.5 Å². The standard InChI is InChI=1S/C25H28N4O2/c1-17(30)27-9-7-22(8-10-27)28-14-19-12-21(16-28)24-6-5-23(25(31)29(24)15-19)20-4-2-3-18(11-20)13-26/h2-6,11,19,21-22H,7-10,12,14-16H2,1H3/p+1/t19-,21+/m0/s1. The van der Waals surface area contributed by atoms with E-state index in [2.05, 4.69) is 12.1 Å². The van der Waals surface area contributed by atoms with Crippen molar-refractivity contribution in [2.75, 3.05) is 26.2 Å². The summed E-state index contributed by atoms with van der Waals surface area (Å²) >= 11 is 0. The molecule has 0 radical (unpaired) electrons. The molecular weight excluding hydrogens is 388 g/mol. The van der Waals surface area contributed by atoms with Crippen LogP contribution in [0.5, 0.6) is 0 Å². The highest BCUT2D eigenvalue weighted by atomic mass is 16.2. The third-order valence-electron chi connectivity index (χ3n) is 7.56. The van der Waals surface area contributed by atoms with Crippen molar-refractivity contribution in [2.24, 2.45) is 5.92 Å². The van der Waals surface area contributed by atoms with Gasteiger partial charge in [-0.25, -0.2) is 0 Å². The van der Waals surface area contributed by atoms with Crippen molar-refractivity contribution in [1.29, 1.82) is 5.26 Å². The minimum absolute atomic E-state index is 0.0699. The molecule has 1 N–H and O–H groups in total. The number of fused-ring (bicyclic) bond motifs is 4. The summed E-state index contributed by atoms with van der Waals surface area (Å²) in [6, 6.07) is 14.2. The van der Waals surface area contributed by atoms with Crippen molar-refractivity contribution in [2.45, 2.75) is 44.7 Å². The number of carbonyl (C=O) groups excluding carboxylic acids is 1. The Kier molecular flexibility index (Phi) is 5.15. The van der Waals surface area contributed by atoms with Crippen molar-refractivity contribution >= 4 is 5.91 Å². The van der Waals surface area contributed by atoms with Gasteiger partial charge in [-0.2, -0.15) is 5.26 Å². The molecule has 1 aromatic heterocycles. The molecular formula is C25H29N4O2+. The molecule has 2 bridgehead atoms. The molecule has 2 saturated heterocycles. The van der Waals surface area contributed by atoms with Crippen LogP contribution in [0.3, 0.4) is 0 Å². The van der Waals surface area contributed by atoms with Crippen LogP contribution < -0.4 is 10.5 Å². The summed E-state index contributed by atoms with van der Waals surface area (Å²) < 4.78 is 2.00. The van der Waals surface area contributed by atoms with E-state index in [1.165, 1.54) is 12.1 Å². The van der Waals surface area contributed by atoms with E-state index < -0.39 is 0 Å². The van der Waals surface area contributed by atoms with Gasteiger partial charge in [-0.15, -0.1) is 0 Å². The van der Waals surface area contributed by atoms with E-state index >= 15 is 0 Å². The zero-order valence-corrected chi connectivity index (χ0v) is 18.0. The second-order valence-electron chi connectivity index (χ2n) is 9.43. The Labute approximate surface area is 182 Å². The van der Waals surface area contributed by atoms with Gasteiger partial charge in [0.25, 0.3) is 5.56 Å². The van der Waals surface area contributed by atoms with Crippen LogP contribution in [0.1, 0.15) is 43.4 Å². The highest BCUT2D eigenvalue weighted by Gasteiger charge is 2.41. The zero-order chi connectivity index (χ0) is 21.5. The van der Waals surface area contributed by atoms with Gasteiger partial charge in [0.2, 0.25) is 5.91 Å².